The number of anilines is 1. The van der Waals surface area contributed by atoms with E-state index in [-0.39, 0.29) is 10.6 Å². The van der Waals surface area contributed by atoms with Crippen molar-refractivity contribution in [2.24, 2.45) is 0 Å². The molecule has 0 spiro atoms. The van der Waals surface area contributed by atoms with Crippen LogP contribution in [-0.4, -0.2) is 30.8 Å². The van der Waals surface area contributed by atoms with Crippen LogP contribution in [0, 0.1) is 17.1 Å². The first-order valence-corrected chi connectivity index (χ1v) is 10.5. The molecule has 0 aliphatic heterocycles. The maximum Gasteiger partial charge on any atom is 0.417 e. The summed E-state index contributed by atoms with van der Waals surface area (Å²) in [7, 11) is -4.21. The van der Waals surface area contributed by atoms with Crippen molar-refractivity contribution in [1.29, 1.82) is 5.26 Å². The Morgan fingerprint density at radius 3 is 2.16 bits per heavy atom. The maximum absolute atomic E-state index is 13.0. The Balaban J connectivity index is 0.00000233. The predicted molar refractivity (Wildman–Crippen MR) is 105 cm³/mol. The van der Waals surface area contributed by atoms with Crippen LogP contribution in [0.3, 0.4) is 0 Å². The number of carbonyl (C=O) groups is 1. The summed E-state index contributed by atoms with van der Waals surface area (Å²) in [6.45, 7) is 4.87. The number of aliphatic hydroxyl groups is 1. The van der Waals surface area contributed by atoms with Gasteiger partial charge in [-0.3, -0.25) is 4.79 Å². The molecule has 0 radical (unpaired) electrons. The Morgan fingerprint density at radius 1 is 1.13 bits per heavy atom. The summed E-state index contributed by atoms with van der Waals surface area (Å²) in [5, 5.41) is 21.1. The third kappa shape index (κ3) is 6.77. The Bertz CT molecular complexity index is 1070. The Kier molecular flexibility index (Phi) is 8.32. The summed E-state index contributed by atoms with van der Waals surface area (Å²) in [6.07, 6.45) is -4.86. The zero-order valence-corrected chi connectivity index (χ0v) is 17.6. The van der Waals surface area contributed by atoms with Crippen LogP contribution >= 0.6 is 0 Å². The average molecular weight is 460 g/mol. The molecule has 168 valence electrons. The normalized spacial score (nSPS) is 13.3. The summed E-state index contributed by atoms with van der Waals surface area (Å²) < 4.78 is 76.6. The topological polar surface area (TPSA) is 107 Å². The fourth-order valence-electron chi connectivity index (χ4n) is 2.38. The second kappa shape index (κ2) is 9.89. The first kappa shape index (κ1) is 26.1. The number of rotatable bonds is 5. The van der Waals surface area contributed by atoms with Crippen molar-refractivity contribution in [3.8, 4) is 6.07 Å². The van der Waals surface area contributed by atoms with Crippen molar-refractivity contribution in [1.82, 2.24) is 0 Å². The zero-order chi connectivity index (χ0) is 24.0. The van der Waals surface area contributed by atoms with Gasteiger partial charge in [-0.25, -0.2) is 12.8 Å². The van der Waals surface area contributed by atoms with Crippen molar-refractivity contribution in [2.45, 2.75) is 37.4 Å². The fraction of sp³-hybridized carbons (Fsp3) is 0.300. The van der Waals surface area contributed by atoms with Crippen molar-refractivity contribution in [2.75, 3.05) is 11.1 Å². The van der Waals surface area contributed by atoms with Gasteiger partial charge < -0.3 is 10.4 Å². The van der Waals surface area contributed by atoms with Gasteiger partial charge in [-0.1, -0.05) is 13.8 Å². The second-order valence-corrected chi connectivity index (χ2v) is 8.30. The third-order valence-corrected chi connectivity index (χ3v) is 5.77. The lowest BCUT2D eigenvalue weighted by Gasteiger charge is -2.22. The van der Waals surface area contributed by atoms with E-state index in [1.165, 1.54) is 6.07 Å². The first-order chi connectivity index (χ1) is 14.3. The molecule has 0 fully saturated rings. The predicted octanol–water partition coefficient (Wildman–Crippen LogP) is 3.91. The molecule has 0 saturated carbocycles. The SMILES string of the molecule is CC.CC(O)(CS(=O)(=O)c1ccc(F)cc1)C(=O)Nc1ccc(C#N)c(C(F)(F)F)c1. The van der Waals surface area contributed by atoms with Gasteiger partial charge in [0.2, 0.25) is 0 Å². The molecule has 0 saturated heterocycles. The van der Waals surface area contributed by atoms with E-state index < -0.39 is 50.2 Å². The molecule has 0 aliphatic rings. The van der Waals surface area contributed by atoms with Crippen LogP contribution in [-0.2, 0) is 20.8 Å². The molecule has 0 heterocycles. The highest BCUT2D eigenvalue weighted by Gasteiger charge is 2.38. The van der Waals surface area contributed by atoms with Crippen molar-refractivity contribution >= 4 is 21.4 Å². The Hall–Kier alpha value is -2.97. The average Bonchev–Trinajstić information content (AvgIpc) is 2.68. The third-order valence-electron chi connectivity index (χ3n) is 3.84. The number of carbonyl (C=O) groups excluding carboxylic acids is 1. The maximum atomic E-state index is 13.0. The number of nitriles is 1. The van der Waals surface area contributed by atoms with Crippen molar-refractivity contribution in [3.63, 3.8) is 0 Å². The molecule has 11 heteroatoms. The number of nitrogens with one attached hydrogen (secondary N) is 1. The molecule has 2 aromatic rings. The number of hydrogen-bond acceptors (Lipinski definition) is 5. The molecule has 1 atom stereocenters. The van der Waals surface area contributed by atoms with E-state index in [1.54, 1.807) is 0 Å². The molecule has 2 aromatic carbocycles. The summed E-state index contributed by atoms with van der Waals surface area (Å²) in [5.74, 6) is -3.06. The van der Waals surface area contributed by atoms with Gasteiger partial charge in [0.15, 0.2) is 15.4 Å². The minimum atomic E-state index is -4.86. The van der Waals surface area contributed by atoms with Crippen LogP contribution in [0.1, 0.15) is 31.9 Å². The second-order valence-electron chi connectivity index (χ2n) is 6.31. The van der Waals surface area contributed by atoms with Gasteiger partial charge in [0.25, 0.3) is 5.91 Å². The number of alkyl halides is 3. The largest absolute Gasteiger partial charge is 0.417 e. The molecule has 6 nitrogen and oxygen atoms in total. The Morgan fingerprint density at radius 2 is 1.68 bits per heavy atom. The highest BCUT2D eigenvalue weighted by Crippen LogP contribution is 2.33. The van der Waals surface area contributed by atoms with Gasteiger partial charge in [-0.2, -0.15) is 18.4 Å². The highest BCUT2D eigenvalue weighted by atomic mass is 32.2. The minimum Gasteiger partial charge on any atom is -0.379 e. The van der Waals surface area contributed by atoms with Crippen LogP contribution in [0.4, 0.5) is 23.2 Å². The van der Waals surface area contributed by atoms with E-state index in [9.17, 15) is 35.9 Å². The molecule has 31 heavy (non-hydrogen) atoms. The van der Waals surface area contributed by atoms with Gasteiger partial charge in [0.05, 0.1) is 27.8 Å². The summed E-state index contributed by atoms with van der Waals surface area (Å²) in [4.78, 5) is 11.9. The standard InChI is InChI=1S/C18H14F4N2O4S.C2H6/c1-17(26,10-29(27,28)14-6-3-12(19)4-7-14)16(25)24-13-5-2-11(9-23)15(8-13)18(20,21)22;1-2/h2-8,26H,10H2,1H3,(H,24,25);1-2H3. The van der Waals surface area contributed by atoms with E-state index in [0.29, 0.717) is 6.07 Å². The highest BCUT2D eigenvalue weighted by molar-refractivity contribution is 7.91. The number of hydrogen-bond donors (Lipinski definition) is 2. The van der Waals surface area contributed by atoms with E-state index in [2.05, 4.69) is 0 Å². The molecule has 2 N–H and O–H groups in total. The van der Waals surface area contributed by atoms with Gasteiger partial charge >= 0.3 is 6.18 Å². The molecule has 2 rings (SSSR count). The monoisotopic (exact) mass is 460 g/mol. The molecule has 1 unspecified atom stereocenters. The van der Waals surface area contributed by atoms with E-state index in [0.717, 1.165) is 43.3 Å². The number of sulfone groups is 1. The molecular weight excluding hydrogens is 440 g/mol. The van der Waals surface area contributed by atoms with E-state index in [4.69, 9.17) is 5.26 Å². The number of amides is 1. The van der Waals surface area contributed by atoms with Crippen LogP contribution in [0.2, 0.25) is 0 Å². The van der Waals surface area contributed by atoms with E-state index >= 15 is 0 Å². The molecule has 0 aromatic heterocycles. The summed E-state index contributed by atoms with van der Waals surface area (Å²) in [5.41, 5.74) is -4.86. The van der Waals surface area contributed by atoms with Crippen LogP contribution < -0.4 is 5.32 Å². The quantitative estimate of drug-likeness (QED) is 0.520. The van der Waals surface area contributed by atoms with Crippen molar-refractivity contribution < 1.29 is 35.9 Å². The first-order valence-electron chi connectivity index (χ1n) is 8.90. The number of nitrogens with zero attached hydrogens (tertiary/aromatic N) is 1. The van der Waals surface area contributed by atoms with Gasteiger partial charge in [0.1, 0.15) is 5.82 Å². The van der Waals surface area contributed by atoms with Crippen LogP contribution in [0.15, 0.2) is 47.4 Å². The van der Waals surface area contributed by atoms with Gasteiger partial charge in [-0.05, 0) is 49.4 Å². The van der Waals surface area contributed by atoms with Gasteiger partial charge in [-0.15, -0.1) is 0 Å². The molecule has 1 amide bonds. The summed E-state index contributed by atoms with van der Waals surface area (Å²) >= 11 is 0. The zero-order valence-electron chi connectivity index (χ0n) is 16.8. The molecular formula is C20H20F4N2O4S. The number of benzene rings is 2. The van der Waals surface area contributed by atoms with Gasteiger partial charge in [0, 0.05) is 5.69 Å². The molecule has 0 bridgehead atoms. The Labute approximate surface area is 177 Å². The lowest BCUT2D eigenvalue weighted by Crippen LogP contribution is -2.45. The minimum absolute atomic E-state index is 0.343. The lowest BCUT2D eigenvalue weighted by molar-refractivity contribution is -0.137. The van der Waals surface area contributed by atoms with Crippen LogP contribution in [0.5, 0.6) is 0 Å². The lowest BCUT2D eigenvalue weighted by atomic mass is 10.1. The smallest absolute Gasteiger partial charge is 0.379 e. The van der Waals surface area contributed by atoms with E-state index in [1.807, 2.05) is 19.2 Å². The fourth-order valence-corrected chi connectivity index (χ4v) is 3.97. The number of halogens is 4. The van der Waals surface area contributed by atoms with Crippen molar-refractivity contribution in [3.05, 3.63) is 59.4 Å². The van der Waals surface area contributed by atoms with Crippen LogP contribution in [0.25, 0.3) is 0 Å². The molecule has 0 aliphatic carbocycles. The summed E-state index contributed by atoms with van der Waals surface area (Å²) in [6, 6.07) is 7.40.